The molecule has 1 aromatic heterocycles. The Balaban J connectivity index is 2.34. The molecule has 0 saturated carbocycles. The van der Waals surface area contributed by atoms with Crippen molar-refractivity contribution in [3.63, 3.8) is 0 Å². The number of pyridine rings is 1. The summed E-state index contributed by atoms with van der Waals surface area (Å²) in [6.07, 6.45) is 6.08. The van der Waals surface area contributed by atoms with Crippen molar-refractivity contribution in [1.29, 1.82) is 0 Å². The average molecular weight is 233 g/mol. The van der Waals surface area contributed by atoms with E-state index in [9.17, 15) is 4.79 Å². The first kappa shape index (κ1) is 11.9. The van der Waals surface area contributed by atoms with Gasteiger partial charge in [0.1, 0.15) is 5.82 Å². The van der Waals surface area contributed by atoms with Gasteiger partial charge >= 0.3 is 0 Å². The quantitative estimate of drug-likeness (QED) is 0.747. The van der Waals surface area contributed by atoms with E-state index in [-0.39, 0.29) is 6.04 Å². The lowest BCUT2D eigenvalue weighted by Crippen LogP contribution is -2.33. The average Bonchev–Trinajstić information content (AvgIpc) is 2.38. The molecular weight excluding hydrogens is 214 g/mol. The second-order valence-electron chi connectivity index (χ2n) is 4.67. The number of amides is 1. The fourth-order valence-corrected chi connectivity index (χ4v) is 2.46. The molecule has 92 valence electrons. The number of hydrogen-bond acceptors (Lipinski definition) is 3. The number of nitrogens with zero attached hydrogens (tertiary/aromatic N) is 3. The van der Waals surface area contributed by atoms with Gasteiger partial charge in [0, 0.05) is 32.4 Å². The molecule has 1 aromatic rings. The van der Waals surface area contributed by atoms with Gasteiger partial charge in [0.15, 0.2) is 0 Å². The molecule has 0 bridgehead atoms. The molecule has 17 heavy (non-hydrogen) atoms. The van der Waals surface area contributed by atoms with Crippen LogP contribution >= 0.6 is 0 Å². The Hall–Kier alpha value is -1.58. The van der Waals surface area contributed by atoms with Gasteiger partial charge in [-0.3, -0.25) is 4.79 Å². The predicted octanol–water partition coefficient (Wildman–Crippen LogP) is 1.83. The molecule has 0 N–H and O–H groups in total. The van der Waals surface area contributed by atoms with Gasteiger partial charge < -0.3 is 9.80 Å². The maximum atomic E-state index is 11.1. The third kappa shape index (κ3) is 2.40. The number of piperidine rings is 1. The van der Waals surface area contributed by atoms with Crippen molar-refractivity contribution in [1.82, 2.24) is 9.88 Å². The van der Waals surface area contributed by atoms with Crippen LogP contribution in [0.1, 0.15) is 30.9 Å². The van der Waals surface area contributed by atoms with Crippen LogP contribution in [0.25, 0.3) is 0 Å². The number of anilines is 1. The van der Waals surface area contributed by atoms with Crippen LogP contribution in [0.5, 0.6) is 0 Å². The summed E-state index contributed by atoms with van der Waals surface area (Å²) in [6, 6.07) is 4.21. The van der Waals surface area contributed by atoms with Gasteiger partial charge in [-0.15, -0.1) is 0 Å². The number of carbonyl (C=O) groups excluding carboxylic acids is 1. The highest BCUT2D eigenvalue weighted by Crippen LogP contribution is 2.33. The molecule has 0 spiro atoms. The molecule has 1 atom stereocenters. The molecule has 0 aromatic carbocycles. The molecule has 2 rings (SSSR count). The molecule has 4 heteroatoms. The molecule has 0 aliphatic carbocycles. The summed E-state index contributed by atoms with van der Waals surface area (Å²) in [5.41, 5.74) is 1.16. The lowest BCUT2D eigenvalue weighted by atomic mass is 9.96. The largest absolute Gasteiger partial charge is 0.362 e. The summed E-state index contributed by atoms with van der Waals surface area (Å²) in [6.45, 7) is 0.857. The zero-order valence-electron chi connectivity index (χ0n) is 10.5. The fourth-order valence-electron chi connectivity index (χ4n) is 2.46. The molecule has 2 heterocycles. The lowest BCUT2D eigenvalue weighted by Gasteiger charge is -2.34. The standard InChI is InChI=1S/C13H19N3O/c1-15(2)13-11(6-5-8-14-13)12-7-3-4-9-16(12)10-17/h5-6,8,10,12H,3-4,7,9H2,1-2H3. The summed E-state index contributed by atoms with van der Waals surface area (Å²) in [5.74, 6) is 0.964. The minimum Gasteiger partial charge on any atom is -0.362 e. The highest BCUT2D eigenvalue weighted by atomic mass is 16.1. The summed E-state index contributed by atoms with van der Waals surface area (Å²) in [7, 11) is 3.97. The SMILES string of the molecule is CN(C)c1ncccc1C1CCCCN1C=O. The van der Waals surface area contributed by atoms with Crippen molar-refractivity contribution in [2.24, 2.45) is 0 Å². The van der Waals surface area contributed by atoms with E-state index in [4.69, 9.17) is 0 Å². The minimum atomic E-state index is 0.187. The molecule has 1 amide bonds. The van der Waals surface area contributed by atoms with Crippen molar-refractivity contribution in [3.8, 4) is 0 Å². The molecule has 1 aliphatic heterocycles. The third-order valence-corrected chi connectivity index (χ3v) is 3.28. The fraction of sp³-hybridized carbons (Fsp3) is 0.538. The normalized spacial score (nSPS) is 20.1. The molecular formula is C13H19N3O. The van der Waals surface area contributed by atoms with Crippen LogP contribution in [0.15, 0.2) is 18.3 Å². The summed E-state index contributed by atoms with van der Waals surface area (Å²) < 4.78 is 0. The molecule has 4 nitrogen and oxygen atoms in total. The van der Waals surface area contributed by atoms with Gasteiger partial charge in [0.25, 0.3) is 0 Å². The van der Waals surface area contributed by atoms with Crippen LogP contribution in [-0.4, -0.2) is 36.9 Å². The lowest BCUT2D eigenvalue weighted by molar-refractivity contribution is -0.121. The second-order valence-corrected chi connectivity index (χ2v) is 4.67. The van der Waals surface area contributed by atoms with Crippen molar-refractivity contribution in [2.75, 3.05) is 25.5 Å². The third-order valence-electron chi connectivity index (χ3n) is 3.28. The van der Waals surface area contributed by atoms with E-state index in [0.717, 1.165) is 37.2 Å². The number of aromatic nitrogens is 1. The van der Waals surface area contributed by atoms with Gasteiger partial charge in [-0.1, -0.05) is 6.07 Å². The van der Waals surface area contributed by atoms with Crippen molar-refractivity contribution in [2.45, 2.75) is 25.3 Å². The van der Waals surface area contributed by atoms with Crippen molar-refractivity contribution >= 4 is 12.2 Å². The van der Waals surface area contributed by atoms with E-state index < -0.39 is 0 Å². The number of likely N-dealkylation sites (tertiary alicyclic amines) is 1. The van der Waals surface area contributed by atoms with Gasteiger partial charge in [0.2, 0.25) is 6.41 Å². The Kier molecular flexibility index (Phi) is 3.61. The van der Waals surface area contributed by atoms with E-state index in [1.54, 1.807) is 6.20 Å². The highest BCUT2D eigenvalue weighted by Gasteiger charge is 2.25. The van der Waals surface area contributed by atoms with Crippen molar-refractivity contribution < 1.29 is 4.79 Å². The first-order valence-electron chi connectivity index (χ1n) is 6.07. The van der Waals surface area contributed by atoms with Gasteiger partial charge in [-0.05, 0) is 25.3 Å². The van der Waals surface area contributed by atoms with E-state index in [0.29, 0.717) is 0 Å². The zero-order valence-corrected chi connectivity index (χ0v) is 10.5. The van der Waals surface area contributed by atoms with Crippen LogP contribution in [0.3, 0.4) is 0 Å². The van der Waals surface area contributed by atoms with E-state index in [1.165, 1.54) is 6.42 Å². The molecule has 1 saturated heterocycles. The van der Waals surface area contributed by atoms with E-state index in [2.05, 4.69) is 11.1 Å². The zero-order chi connectivity index (χ0) is 12.3. The molecule has 1 unspecified atom stereocenters. The summed E-state index contributed by atoms with van der Waals surface area (Å²) in [4.78, 5) is 19.4. The van der Waals surface area contributed by atoms with Gasteiger partial charge in [-0.25, -0.2) is 4.98 Å². The topological polar surface area (TPSA) is 36.4 Å². The monoisotopic (exact) mass is 233 g/mol. The van der Waals surface area contributed by atoms with Crippen LogP contribution < -0.4 is 4.90 Å². The maximum absolute atomic E-state index is 11.1. The number of carbonyl (C=O) groups is 1. The van der Waals surface area contributed by atoms with E-state index in [1.807, 2.05) is 30.0 Å². The Morgan fingerprint density at radius 2 is 2.29 bits per heavy atom. The summed E-state index contributed by atoms with van der Waals surface area (Å²) >= 11 is 0. The van der Waals surface area contributed by atoms with Crippen LogP contribution in [0, 0.1) is 0 Å². The second kappa shape index (κ2) is 5.17. The number of hydrogen-bond donors (Lipinski definition) is 0. The minimum absolute atomic E-state index is 0.187. The number of rotatable bonds is 3. The first-order valence-corrected chi connectivity index (χ1v) is 6.07. The molecule has 1 aliphatic rings. The Morgan fingerprint density at radius 1 is 1.47 bits per heavy atom. The Morgan fingerprint density at radius 3 is 3.00 bits per heavy atom. The van der Waals surface area contributed by atoms with Crippen molar-refractivity contribution in [3.05, 3.63) is 23.9 Å². The first-order chi connectivity index (χ1) is 8.24. The maximum Gasteiger partial charge on any atom is 0.210 e. The van der Waals surface area contributed by atoms with Gasteiger partial charge in [0.05, 0.1) is 6.04 Å². The van der Waals surface area contributed by atoms with Crippen LogP contribution in [0.2, 0.25) is 0 Å². The van der Waals surface area contributed by atoms with Gasteiger partial charge in [-0.2, -0.15) is 0 Å². The molecule has 0 radical (unpaired) electrons. The highest BCUT2D eigenvalue weighted by molar-refractivity contribution is 5.53. The smallest absolute Gasteiger partial charge is 0.210 e. The Bertz CT molecular complexity index is 392. The molecule has 1 fully saturated rings. The Labute approximate surface area is 102 Å². The van der Waals surface area contributed by atoms with E-state index >= 15 is 0 Å². The predicted molar refractivity (Wildman–Crippen MR) is 67.9 cm³/mol. The summed E-state index contributed by atoms with van der Waals surface area (Å²) in [5, 5.41) is 0. The van der Waals surface area contributed by atoms with Crippen LogP contribution in [0.4, 0.5) is 5.82 Å². The van der Waals surface area contributed by atoms with Crippen LogP contribution in [-0.2, 0) is 4.79 Å².